The normalized spacial score (nSPS) is 24.2. The van der Waals surface area contributed by atoms with Gasteiger partial charge in [-0.25, -0.2) is 55.7 Å². The summed E-state index contributed by atoms with van der Waals surface area (Å²) in [5.74, 6) is 0.391. The number of ether oxygens (including phenoxy) is 5. The van der Waals surface area contributed by atoms with E-state index in [0.717, 1.165) is 102 Å². The van der Waals surface area contributed by atoms with Gasteiger partial charge in [-0.05, 0) is 74.4 Å². The predicted molar refractivity (Wildman–Crippen MR) is 472 cm³/mol. The SMILES string of the molecule is COc1cccc2onc(Cn3c(=O)ccn([C@@H]4O[C@H](COP(=O)(O)OP(=O)(O)O)[C@H](O)C4O)c3=O)c12.Cc1ccc2c(Cn3c(=O)ccn([C@@H]4O[C@H](COP(=O)(O)OP(=O)(O)O)[C@H](O)C4O)c3=O)noc2c1.Cc1ccc2onc(Cn3c(=O)ccn([C@@H]4O[C@H](COP(=O)(O)OP(=O)(O)O)[C@H](O)C4O)c3=O)c2c1.Cc1cccc2c(Cn3c(=O)ccn([C@@H]4O[C@H](COP(=O)(O)OP(=O)(O)O)[C@H](O)C4O)c3=O)noc12. The summed E-state index contributed by atoms with van der Waals surface area (Å²) in [7, 11) is -41.1. The van der Waals surface area contributed by atoms with Gasteiger partial charge in [0.15, 0.2) is 47.2 Å². The summed E-state index contributed by atoms with van der Waals surface area (Å²) < 4.78 is 176. The molecule has 20 N–H and O–H groups in total. The van der Waals surface area contributed by atoms with Crippen molar-refractivity contribution in [1.29, 1.82) is 0 Å². The Bertz CT molecular complexity index is 7630. The second kappa shape index (κ2) is 44.3. The lowest BCUT2D eigenvalue weighted by atomic mass is 10.1. The average molecular weight is 2210 g/mol. The van der Waals surface area contributed by atoms with E-state index in [0.29, 0.717) is 66.7 Å². The zero-order valence-corrected chi connectivity index (χ0v) is 81.0. The fourth-order valence-corrected chi connectivity index (χ4v) is 21.2. The predicted octanol–water partition coefficient (Wildman–Crippen LogP) is -2.89. The lowest BCUT2D eigenvalue weighted by Crippen LogP contribution is -2.43. The molecule has 145 heavy (non-hydrogen) atoms. The van der Waals surface area contributed by atoms with Crippen LogP contribution < -0.4 is 49.7 Å². The number of aryl methyl sites for hydroxylation is 3. The molecule has 12 aromatic rings. The fraction of sp³-hybridized carbons (Fsp3) is 0.389. The Morgan fingerprint density at radius 2 is 0.628 bits per heavy atom. The highest BCUT2D eigenvalue weighted by Gasteiger charge is 2.51. The zero-order valence-electron chi connectivity index (χ0n) is 73.8. The molecule has 8 unspecified atom stereocenters. The molecule has 4 saturated heterocycles. The Morgan fingerprint density at radius 1 is 0.324 bits per heavy atom. The number of aliphatic hydroxyl groups is 8. The Morgan fingerprint density at radius 3 is 0.986 bits per heavy atom. The van der Waals surface area contributed by atoms with Crippen molar-refractivity contribution in [3.05, 3.63) is 245 Å². The Hall–Kier alpha value is -10.2. The second-order valence-corrected chi connectivity index (χ2v) is 42.9. The maximum absolute atomic E-state index is 13.2. The van der Waals surface area contributed by atoms with Crippen LogP contribution in [0.25, 0.3) is 43.9 Å². The summed E-state index contributed by atoms with van der Waals surface area (Å²) >= 11 is 0. The molecule has 4 aliphatic heterocycles. The Labute approximate surface area is 802 Å². The van der Waals surface area contributed by atoms with E-state index in [-0.39, 0.29) is 31.9 Å². The van der Waals surface area contributed by atoms with E-state index in [1.807, 2.05) is 13.8 Å². The van der Waals surface area contributed by atoms with Crippen LogP contribution in [0.3, 0.4) is 0 Å². The maximum Gasteiger partial charge on any atom is 0.481 e. The topological polar surface area (TPSA) is 941 Å². The average Bonchev–Trinajstić information content (AvgIpc) is 1.66. The minimum atomic E-state index is -5.39. The van der Waals surface area contributed by atoms with Crippen LogP contribution in [0.15, 0.2) is 178 Å². The number of methoxy groups -OCH3 is 1. The standard InChI is InChI=1S/C18H21N3O14P2.3C18H21N3O13P2/c1-31-10-3-2-4-11-14(10)9(19-34-11)7-21-13(22)5-6-20(18(21)25)17-16(24)15(23)12(33-17)8-32-37(29,30)35-36(26,27)28;1-9-2-3-12-10(6-9)11(19-33-12)7-21-14(22)4-5-20(18(21)25)17-16(24)15(23)13(32-17)8-31-36(29,30)34-35(26,27)28;1-9-2-3-10-11(19-33-12(10)6-9)7-21-14(22)4-5-20(18(21)25)17-16(24)15(23)13(32-17)8-31-36(29,30)34-35(26,27)28;1-9-3-2-4-10-11(19-33-16(9)10)7-21-13(22)5-6-20(18(21)25)17-15(24)14(23)12(32-17)8-31-36(29,30)34-35(26,27)28/h2-6,12,15-17,23-24H,7-8H2,1H3,(H,29,30)(H2,26,27,28);2*2-6,13,15-17,23-24H,7-8H2,1H3,(H,29,30)(H2,26,27,28);2-6,12,14-15,17,23-24H,7-8H2,1H3,(H,29,30)(H2,26,27,28)/t12-,15+,16?,17-;2*13-,15+,16?,17-;12-,14+,15?,17-/m1111/s1. The molecule has 0 aliphatic carbocycles. The molecule has 8 aromatic heterocycles. The Balaban J connectivity index is 0.000000162. The lowest BCUT2D eigenvalue weighted by molar-refractivity contribution is -0.0548. The first-order valence-corrected chi connectivity index (χ1v) is 53.0. The highest BCUT2D eigenvalue weighted by molar-refractivity contribution is 7.62. The molecule has 16 rings (SSSR count). The van der Waals surface area contributed by atoms with Crippen molar-refractivity contribution < 1.29 is 213 Å². The minimum absolute atomic E-state index is 0.201. The number of para-hydroxylation sites is 1. The number of phosphoric ester groups is 4. The van der Waals surface area contributed by atoms with Crippen molar-refractivity contribution in [2.75, 3.05) is 33.5 Å². The minimum Gasteiger partial charge on any atom is -0.496 e. The molecule has 73 heteroatoms. The van der Waals surface area contributed by atoms with Gasteiger partial charge in [0.25, 0.3) is 22.2 Å². The molecule has 4 aliphatic rings. The molecular formula is C72H84N12O53P8. The third-order valence-electron chi connectivity index (χ3n) is 21.4. The molecular weight excluding hydrogens is 2130 g/mol. The zero-order chi connectivity index (χ0) is 106. The monoisotopic (exact) mass is 2210 g/mol. The highest BCUT2D eigenvalue weighted by atomic mass is 31.3. The smallest absolute Gasteiger partial charge is 0.481 e. The van der Waals surface area contributed by atoms with Gasteiger partial charge in [-0.1, -0.05) is 56.5 Å². The Kier molecular flexibility index (Phi) is 34.2. The van der Waals surface area contributed by atoms with Crippen molar-refractivity contribution in [1.82, 2.24) is 57.2 Å². The van der Waals surface area contributed by atoms with Gasteiger partial charge >= 0.3 is 85.3 Å². The number of nitrogens with zero attached hydrogens (tertiary/aromatic N) is 12. The molecule has 0 amide bonds. The summed E-state index contributed by atoms with van der Waals surface area (Å²) in [4.78, 5) is 209. The summed E-state index contributed by atoms with van der Waals surface area (Å²) in [5.41, 5.74) is -1.10. The first-order chi connectivity index (χ1) is 67.6. The second-order valence-electron chi connectivity index (χ2n) is 31.6. The number of benzene rings is 4. The van der Waals surface area contributed by atoms with Gasteiger partial charge in [0.05, 0.1) is 65.1 Å². The van der Waals surface area contributed by atoms with Crippen molar-refractivity contribution in [3.8, 4) is 5.75 Å². The molecule has 20 atom stereocenters. The highest BCUT2D eigenvalue weighted by Crippen LogP contribution is 2.61. The number of rotatable bonds is 33. The summed E-state index contributed by atoms with van der Waals surface area (Å²) in [6.07, 6.45) is -22.2. The molecule has 0 spiro atoms. The number of aromatic nitrogens is 12. The van der Waals surface area contributed by atoms with Gasteiger partial charge in [0.1, 0.15) is 102 Å². The van der Waals surface area contributed by atoms with Crippen LogP contribution in [0.1, 0.15) is 64.4 Å². The van der Waals surface area contributed by atoms with E-state index in [1.54, 1.807) is 79.7 Å². The van der Waals surface area contributed by atoms with Crippen LogP contribution in [0.4, 0.5) is 0 Å². The lowest BCUT2D eigenvalue weighted by Gasteiger charge is -2.19. The van der Waals surface area contributed by atoms with E-state index < -0.39 is 232 Å². The first kappa shape index (κ1) is 112. The van der Waals surface area contributed by atoms with E-state index >= 15 is 0 Å². The van der Waals surface area contributed by atoms with Gasteiger partial charge in [-0.3, -0.25) is 73.8 Å². The van der Waals surface area contributed by atoms with Crippen molar-refractivity contribution in [3.63, 3.8) is 0 Å². The number of hydrogen-bond donors (Lipinski definition) is 20. The molecule has 12 heterocycles. The largest absolute Gasteiger partial charge is 0.496 e. The van der Waals surface area contributed by atoms with Gasteiger partial charge in [0, 0.05) is 65.2 Å². The van der Waals surface area contributed by atoms with Crippen LogP contribution in [-0.4, -0.2) is 264 Å². The third-order valence-corrected chi connectivity index (χ3v) is 30.0. The molecule has 0 saturated carbocycles. The molecule has 0 bridgehead atoms. The van der Waals surface area contributed by atoms with E-state index in [4.69, 9.17) is 80.9 Å². The molecule has 4 aromatic carbocycles. The van der Waals surface area contributed by atoms with E-state index in [2.05, 4.69) is 56.0 Å². The number of phosphoric acid groups is 8. The third kappa shape index (κ3) is 26.9. The first-order valence-electron chi connectivity index (χ1n) is 40.9. The molecule has 4 fully saturated rings. The van der Waals surface area contributed by atoms with Crippen molar-refractivity contribution in [2.45, 2.75) is 145 Å². The molecule has 65 nitrogen and oxygen atoms in total. The summed E-state index contributed by atoms with van der Waals surface area (Å²) in [6.45, 7) is 0.530. The van der Waals surface area contributed by atoms with Crippen LogP contribution >= 0.6 is 62.6 Å². The quantitative estimate of drug-likeness (QED) is 0.0184. The van der Waals surface area contributed by atoms with Gasteiger partial charge in [-0.15, -0.1) is 0 Å². The molecule has 790 valence electrons. The molecule has 0 radical (unpaired) electrons. The van der Waals surface area contributed by atoms with Gasteiger partial charge < -0.3 is 141 Å². The fourth-order valence-electron chi connectivity index (χ4n) is 14.8. The summed E-state index contributed by atoms with van der Waals surface area (Å²) in [6, 6.07) is 24.8. The number of fused-ring (bicyclic) bond motifs is 4. The van der Waals surface area contributed by atoms with Crippen molar-refractivity contribution in [2.24, 2.45) is 0 Å². The summed E-state index contributed by atoms with van der Waals surface area (Å²) in [5, 5.41) is 101. The van der Waals surface area contributed by atoms with Crippen LogP contribution in [0.2, 0.25) is 0 Å². The van der Waals surface area contributed by atoms with Gasteiger partial charge in [-0.2, -0.15) is 17.2 Å². The van der Waals surface area contributed by atoms with Crippen LogP contribution in [-0.2, 0) is 117 Å². The number of hydrogen-bond acceptors (Lipinski definition) is 45. The van der Waals surface area contributed by atoms with Crippen LogP contribution in [0.5, 0.6) is 5.75 Å². The number of aliphatic hydroxyl groups excluding tert-OH is 8. The maximum atomic E-state index is 13.2. The van der Waals surface area contributed by atoms with Crippen LogP contribution in [0, 0.1) is 20.8 Å². The van der Waals surface area contributed by atoms with E-state index in [9.17, 15) is 135 Å². The van der Waals surface area contributed by atoms with Gasteiger partial charge in [0.2, 0.25) is 0 Å². The van der Waals surface area contributed by atoms with E-state index in [1.165, 1.54) is 7.11 Å². The van der Waals surface area contributed by atoms with Crippen molar-refractivity contribution >= 4 is 106 Å².